The highest BCUT2D eigenvalue weighted by Crippen LogP contribution is 2.12. The summed E-state index contributed by atoms with van der Waals surface area (Å²) in [7, 11) is 0. The van der Waals surface area contributed by atoms with Gasteiger partial charge in [0.25, 0.3) is 0 Å². The number of rotatable bonds is 3. The lowest BCUT2D eigenvalue weighted by Crippen LogP contribution is -2.49. The summed E-state index contributed by atoms with van der Waals surface area (Å²) in [5.74, 6) is 0. The van der Waals surface area contributed by atoms with E-state index >= 15 is 0 Å². The summed E-state index contributed by atoms with van der Waals surface area (Å²) in [6.45, 7) is 7.85. The van der Waals surface area contributed by atoms with Gasteiger partial charge >= 0.3 is 0 Å². The zero-order chi connectivity index (χ0) is 12.3. The first-order valence-corrected chi connectivity index (χ1v) is 6.30. The first-order valence-electron chi connectivity index (χ1n) is 6.30. The first-order chi connectivity index (χ1) is 8.15. The van der Waals surface area contributed by atoms with Crippen LogP contribution in [0.4, 0.5) is 0 Å². The summed E-state index contributed by atoms with van der Waals surface area (Å²) < 4.78 is 5.66. The fourth-order valence-electron chi connectivity index (χ4n) is 2.14. The second-order valence-corrected chi connectivity index (χ2v) is 4.99. The van der Waals surface area contributed by atoms with Gasteiger partial charge in [-0.25, -0.2) is 0 Å². The Hall–Kier alpha value is -0.900. The van der Waals surface area contributed by atoms with Crippen molar-refractivity contribution in [1.82, 2.24) is 4.90 Å². The molecule has 17 heavy (non-hydrogen) atoms. The largest absolute Gasteiger partial charge is 0.374 e. The Morgan fingerprint density at radius 2 is 2.12 bits per heavy atom. The summed E-state index contributed by atoms with van der Waals surface area (Å²) >= 11 is 0. The average molecular weight is 234 g/mol. The molecule has 0 spiro atoms. The maximum atomic E-state index is 5.89. The molecule has 1 aliphatic rings. The number of nitrogens with two attached hydrogens (primary N) is 1. The number of morpholine rings is 1. The highest BCUT2D eigenvalue weighted by atomic mass is 16.5. The van der Waals surface area contributed by atoms with Crippen molar-refractivity contribution < 1.29 is 4.74 Å². The Bertz CT molecular complexity index is 348. The van der Waals surface area contributed by atoms with E-state index < -0.39 is 0 Å². The lowest BCUT2D eigenvalue weighted by Gasteiger charge is -2.34. The van der Waals surface area contributed by atoms with E-state index in [1.165, 1.54) is 11.1 Å². The van der Waals surface area contributed by atoms with Gasteiger partial charge in [0, 0.05) is 25.7 Å². The van der Waals surface area contributed by atoms with Gasteiger partial charge in [0.05, 0.1) is 12.7 Å². The Labute approximate surface area is 104 Å². The Morgan fingerprint density at radius 1 is 1.41 bits per heavy atom. The summed E-state index contributed by atoms with van der Waals surface area (Å²) in [4.78, 5) is 2.42. The van der Waals surface area contributed by atoms with Crippen LogP contribution in [-0.4, -0.2) is 36.7 Å². The van der Waals surface area contributed by atoms with Gasteiger partial charge in [-0.3, -0.25) is 4.90 Å². The van der Waals surface area contributed by atoms with Gasteiger partial charge in [0.2, 0.25) is 0 Å². The van der Waals surface area contributed by atoms with Gasteiger partial charge in [0.1, 0.15) is 0 Å². The fraction of sp³-hybridized carbons (Fsp3) is 0.571. The zero-order valence-electron chi connectivity index (χ0n) is 10.7. The summed E-state index contributed by atoms with van der Waals surface area (Å²) in [6.07, 6.45) is 0.175. The third kappa shape index (κ3) is 3.53. The van der Waals surface area contributed by atoms with E-state index in [9.17, 15) is 0 Å². The molecule has 2 rings (SSSR count). The van der Waals surface area contributed by atoms with Crippen molar-refractivity contribution in [3.05, 3.63) is 35.4 Å². The van der Waals surface area contributed by atoms with Gasteiger partial charge in [-0.2, -0.15) is 0 Å². The van der Waals surface area contributed by atoms with E-state index in [1.54, 1.807) is 0 Å². The maximum Gasteiger partial charge on any atom is 0.0850 e. The molecule has 0 amide bonds. The average Bonchev–Trinajstić information content (AvgIpc) is 2.32. The van der Waals surface area contributed by atoms with Gasteiger partial charge in [-0.05, 0) is 19.4 Å². The fourth-order valence-corrected chi connectivity index (χ4v) is 2.14. The minimum Gasteiger partial charge on any atom is -0.374 e. The van der Waals surface area contributed by atoms with Gasteiger partial charge in [-0.15, -0.1) is 0 Å². The molecule has 1 heterocycles. The van der Waals surface area contributed by atoms with Crippen LogP contribution in [0.15, 0.2) is 24.3 Å². The number of ether oxygens (including phenoxy) is 1. The molecule has 0 radical (unpaired) electrons. The molecule has 3 nitrogen and oxygen atoms in total. The van der Waals surface area contributed by atoms with Crippen LogP contribution in [0.25, 0.3) is 0 Å². The minimum atomic E-state index is 0.107. The zero-order valence-corrected chi connectivity index (χ0v) is 10.7. The molecule has 94 valence electrons. The maximum absolute atomic E-state index is 5.89. The normalized spacial score (nSPS) is 23.6. The predicted molar refractivity (Wildman–Crippen MR) is 69.8 cm³/mol. The Morgan fingerprint density at radius 3 is 2.76 bits per heavy atom. The molecule has 2 atom stereocenters. The lowest BCUT2D eigenvalue weighted by atomic mass is 10.1. The van der Waals surface area contributed by atoms with Crippen molar-refractivity contribution in [2.45, 2.75) is 32.5 Å². The molecule has 1 saturated heterocycles. The summed E-state index contributed by atoms with van der Waals surface area (Å²) in [5.41, 5.74) is 8.56. The second-order valence-electron chi connectivity index (χ2n) is 4.99. The van der Waals surface area contributed by atoms with Crippen molar-refractivity contribution in [3.63, 3.8) is 0 Å². The second kappa shape index (κ2) is 5.63. The van der Waals surface area contributed by atoms with Crippen molar-refractivity contribution in [3.8, 4) is 0 Å². The quantitative estimate of drug-likeness (QED) is 0.862. The van der Waals surface area contributed by atoms with E-state index in [0.29, 0.717) is 0 Å². The Balaban J connectivity index is 1.92. The topological polar surface area (TPSA) is 38.5 Å². The lowest BCUT2D eigenvalue weighted by molar-refractivity contribution is -0.0403. The van der Waals surface area contributed by atoms with Crippen molar-refractivity contribution in [1.29, 1.82) is 0 Å². The van der Waals surface area contributed by atoms with Crippen LogP contribution < -0.4 is 5.73 Å². The number of nitrogens with zero attached hydrogens (tertiary/aromatic N) is 1. The smallest absolute Gasteiger partial charge is 0.0850 e. The SMILES string of the molecule is Cc1ccc(CN2CCOC(C(C)N)C2)cc1. The van der Waals surface area contributed by atoms with Crippen LogP contribution in [0.2, 0.25) is 0 Å². The molecule has 1 aromatic carbocycles. The van der Waals surface area contributed by atoms with Crippen molar-refractivity contribution in [2.24, 2.45) is 5.73 Å². The molecule has 0 aromatic heterocycles. The van der Waals surface area contributed by atoms with Crippen LogP contribution in [0.1, 0.15) is 18.1 Å². The number of aryl methyl sites for hydroxylation is 1. The molecule has 0 aliphatic carbocycles. The van der Waals surface area contributed by atoms with E-state index in [2.05, 4.69) is 36.1 Å². The number of hydrogen-bond acceptors (Lipinski definition) is 3. The third-order valence-corrected chi connectivity index (χ3v) is 3.29. The molecule has 1 aromatic rings. The van der Waals surface area contributed by atoms with E-state index in [4.69, 9.17) is 10.5 Å². The molecule has 2 unspecified atom stereocenters. The van der Waals surface area contributed by atoms with Gasteiger partial charge < -0.3 is 10.5 Å². The van der Waals surface area contributed by atoms with Crippen LogP contribution >= 0.6 is 0 Å². The Kier molecular flexibility index (Phi) is 4.15. The standard InChI is InChI=1S/C14H22N2O/c1-11-3-5-13(6-4-11)9-16-7-8-17-14(10-16)12(2)15/h3-6,12,14H,7-10,15H2,1-2H3. The molecule has 0 saturated carbocycles. The molecule has 2 N–H and O–H groups in total. The van der Waals surface area contributed by atoms with E-state index in [1.807, 2.05) is 6.92 Å². The van der Waals surface area contributed by atoms with Crippen LogP contribution in [-0.2, 0) is 11.3 Å². The molecule has 1 aliphatic heterocycles. The molecule has 0 bridgehead atoms. The summed E-state index contributed by atoms with van der Waals surface area (Å²) in [6, 6.07) is 8.84. The van der Waals surface area contributed by atoms with E-state index in [-0.39, 0.29) is 12.1 Å². The van der Waals surface area contributed by atoms with Gasteiger partial charge in [0.15, 0.2) is 0 Å². The highest BCUT2D eigenvalue weighted by Gasteiger charge is 2.23. The van der Waals surface area contributed by atoms with Crippen LogP contribution in [0, 0.1) is 6.92 Å². The van der Waals surface area contributed by atoms with Gasteiger partial charge in [-0.1, -0.05) is 29.8 Å². The summed E-state index contributed by atoms with van der Waals surface area (Å²) in [5, 5.41) is 0. The van der Waals surface area contributed by atoms with Crippen LogP contribution in [0.3, 0.4) is 0 Å². The molecular formula is C14H22N2O. The minimum absolute atomic E-state index is 0.107. The van der Waals surface area contributed by atoms with Crippen molar-refractivity contribution >= 4 is 0 Å². The molecule has 1 fully saturated rings. The van der Waals surface area contributed by atoms with E-state index in [0.717, 1.165) is 26.2 Å². The predicted octanol–water partition coefficient (Wildman–Crippen LogP) is 1.54. The highest BCUT2D eigenvalue weighted by molar-refractivity contribution is 5.21. The molecule has 3 heteroatoms. The van der Waals surface area contributed by atoms with Crippen molar-refractivity contribution in [2.75, 3.05) is 19.7 Å². The number of hydrogen-bond donors (Lipinski definition) is 1. The first kappa shape index (κ1) is 12.6. The monoisotopic (exact) mass is 234 g/mol. The number of benzene rings is 1. The molecular weight excluding hydrogens is 212 g/mol. The van der Waals surface area contributed by atoms with Crippen LogP contribution in [0.5, 0.6) is 0 Å². The third-order valence-electron chi connectivity index (χ3n) is 3.29.